The van der Waals surface area contributed by atoms with E-state index in [1.165, 1.54) is 0 Å². The van der Waals surface area contributed by atoms with Gasteiger partial charge in [0.25, 0.3) is 0 Å². The highest BCUT2D eigenvalue weighted by atomic mass is 15.1. The predicted octanol–water partition coefficient (Wildman–Crippen LogP) is 0.883. The minimum Gasteiger partial charge on any atom is -0.384 e. The van der Waals surface area contributed by atoms with Gasteiger partial charge in [-0.2, -0.15) is 4.98 Å². The van der Waals surface area contributed by atoms with Crippen LogP contribution in [0.1, 0.15) is 13.8 Å². The molecule has 0 aliphatic rings. The Balaban J connectivity index is 2.82. The lowest BCUT2D eigenvalue weighted by Gasteiger charge is -2.19. The molecule has 0 bridgehead atoms. The fourth-order valence-corrected chi connectivity index (χ4v) is 0.748. The van der Waals surface area contributed by atoms with E-state index >= 15 is 0 Å². The van der Waals surface area contributed by atoms with Gasteiger partial charge in [0, 0.05) is 6.20 Å². The van der Waals surface area contributed by atoms with Crippen LogP contribution in [0.5, 0.6) is 0 Å². The number of hydrogen-bond acceptors (Lipinski definition) is 4. The Morgan fingerprint density at radius 1 is 1.62 bits per heavy atom. The maximum absolute atomic E-state index is 5.48. The van der Waals surface area contributed by atoms with Gasteiger partial charge in [-0.15, -0.1) is 6.42 Å². The number of hydrogen-bond donors (Lipinski definition) is 2. The number of anilines is 2. The molecule has 13 heavy (non-hydrogen) atoms. The number of rotatable bonds is 2. The van der Waals surface area contributed by atoms with Crippen molar-refractivity contribution in [3.63, 3.8) is 0 Å². The second kappa shape index (κ2) is 3.31. The molecule has 0 aromatic carbocycles. The Morgan fingerprint density at radius 3 is 2.85 bits per heavy atom. The van der Waals surface area contributed by atoms with Crippen molar-refractivity contribution in [3.8, 4) is 12.3 Å². The highest BCUT2D eigenvalue weighted by Gasteiger charge is 2.14. The summed E-state index contributed by atoms with van der Waals surface area (Å²) in [4.78, 5) is 7.94. The standard InChI is InChI=1S/C9H12N4/c1-4-9(2,3)13-8-11-6-5-7(10)12-8/h1,5-6H,2-3H3,(H3,10,11,12,13). The van der Waals surface area contributed by atoms with Crippen molar-refractivity contribution >= 4 is 11.8 Å². The van der Waals surface area contributed by atoms with Gasteiger partial charge in [-0.1, -0.05) is 5.92 Å². The van der Waals surface area contributed by atoms with Crippen molar-refractivity contribution in [2.45, 2.75) is 19.4 Å². The fourth-order valence-electron chi connectivity index (χ4n) is 0.748. The summed E-state index contributed by atoms with van der Waals surface area (Å²) in [6.45, 7) is 3.72. The molecular weight excluding hydrogens is 164 g/mol. The number of aromatic nitrogens is 2. The first kappa shape index (κ1) is 9.33. The molecule has 1 rings (SSSR count). The zero-order chi connectivity index (χ0) is 9.90. The summed E-state index contributed by atoms with van der Waals surface area (Å²) in [5.74, 6) is 3.45. The summed E-state index contributed by atoms with van der Waals surface area (Å²) in [7, 11) is 0. The molecule has 0 unspecified atom stereocenters. The van der Waals surface area contributed by atoms with E-state index in [4.69, 9.17) is 12.2 Å². The zero-order valence-corrected chi connectivity index (χ0v) is 7.70. The molecule has 0 aliphatic heterocycles. The molecule has 3 N–H and O–H groups in total. The van der Waals surface area contributed by atoms with Crippen LogP contribution in [0, 0.1) is 12.3 Å². The Hall–Kier alpha value is -1.76. The monoisotopic (exact) mass is 176 g/mol. The van der Waals surface area contributed by atoms with E-state index in [-0.39, 0.29) is 0 Å². The van der Waals surface area contributed by atoms with Gasteiger partial charge < -0.3 is 11.1 Å². The number of nitrogens with zero attached hydrogens (tertiary/aromatic N) is 2. The lowest BCUT2D eigenvalue weighted by molar-refractivity contribution is 0.729. The molecule has 0 atom stereocenters. The van der Waals surface area contributed by atoms with Gasteiger partial charge in [-0.05, 0) is 19.9 Å². The Kier molecular flexibility index (Phi) is 2.38. The van der Waals surface area contributed by atoms with Gasteiger partial charge in [-0.3, -0.25) is 0 Å². The fraction of sp³-hybridized carbons (Fsp3) is 0.333. The van der Waals surface area contributed by atoms with Crippen LogP contribution < -0.4 is 11.1 Å². The van der Waals surface area contributed by atoms with Crippen LogP contribution in [0.3, 0.4) is 0 Å². The smallest absolute Gasteiger partial charge is 0.225 e. The molecule has 0 aliphatic carbocycles. The first-order valence-corrected chi connectivity index (χ1v) is 3.88. The summed E-state index contributed by atoms with van der Waals surface area (Å²) in [6, 6.07) is 1.62. The first-order chi connectivity index (χ1) is 6.03. The van der Waals surface area contributed by atoms with E-state index in [0.29, 0.717) is 11.8 Å². The van der Waals surface area contributed by atoms with Crippen LogP contribution >= 0.6 is 0 Å². The summed E-state index contributed by atoms with van der Waals surface area (Å²) in [5, 5.41) is 2.97. The maximum Gasteiger partial charge on any atom is 0.225 e. The zero-order valence-electron chi connectivity index (χ0n) is 7.70. The molecule has 0 saturated carbocycles. The highest BCUT2D eigenvalue weighted by Crippen LogP contribution is 2.09. The third kappa shape index (κ3) is 2.64. The molecule has 68 valence electrons. The first-order valence-electron chi connectivity index (χ1n) is 3.88. The van der Waals surface area contributed by atoms with E-state index in [0.717, 1.165) is 0 Å². The molecule has 0 spiro atoms. The quantitative estimate of drug-likeness (QED) is 0.657. The third-order valence-electron chi connectivity index (χ3n) is 1.46. The van der Waals surface area contributed by atoms with Crippen molar-refractivity contribution in [3.05, 3.63) is 12.3 Å². The molecule has 0 fully saturated rings. The highest BCUT2D eigenvalue weighted by molar-refractivity contribution is 5.39. The molecule has 4 nitrogen and oxygen atoms in total. The SMILES string of the molecule is C#CC(C)(C)Nc1nccc(N)n1. The van der Waals surface area contributed by atoms with E-state index < -0.39 is 5.54 Å². The Labute approximate surface area is 77.6 Å². The van der Waals surface area contributed by atoms with E-state index in [9.17, 15) is 0 Å². The molecule has 0 radical (unpaired) electrons. The minimum atomic E-state index is -0.464. The summed E-state index contributed by atoms with van der Waals surface area (Å²) in [5.41, 5.74) is 5.01. The van der Waals surface area contributed by atoms with Crippen molar-refractivity contribution in [1.29, 1.82) is 0 Å². The molecule has 4 heteroatoms. The third-order valence-corrected chi connectivity index (χ3v) is 1.46. The molecule has 1 aromatic heterocycles. The van der Waals surface area contributed by atoms with Crippen LogP contribution in [0.25, 0.3) is 0 Å². The molecule has 1 aromatic rings. The van der Waals surface area contributed by atoms with Gasteiger partial charge in [0.05, 0.1) is 5.54 Å². The summed E-state index contributed by atoms with van der Waals surface area (Å²) >= 11 is 0. The van der Waals surface area contributed by atoms with E-state index in [2.05, 4.69) is 21.2 Å². The lowest BCUT2D eigenvalue weighted by atomic mass is 10.1. The Morgan fingerprint density at radius 2 is 2.31 bits per heavy atom. The van der Waals surface area contributed by atoms with E-state index in [1.54, 1.807) is 12.3 Å². The molecular formula is C9H12N4. The molecule has 1 heterocycles. The number of nitrogens with one attached hydrogen (secondary N) is 1. The van der Waals surface area contributed by atoms with Crippen LogP contribution in [0.2, 0.25) is 0 Å². The maximum atomic E-state index is 5.48. The topological polar surface area (TPSA) is 63.8 Å². The predicted molar refractivity (Wildman–Crippen MR) is 53.0 cm³/mol. The van der Waals surface area contributed by atoms with Crippen LogP contribution in [-0.2, 0) is 0 Å². The normalized spacial score (nSPS) is 10.5. The van der Waals surface area contributed by atoms with Crippen molar-refractivity contribution in [2.24, 2.45) is 0 Å². The molecule has 0 saturated heterocycles. The lowest BCUT2D eigenvalue weighted by Crippen LogP contribution is -2.29. The van der Waals surface area contributed by atoms with Gasteiger partial charge in [0.2, 0.25) is 5.95 Å². The van der Waals surface area contributed by atoms with Gasteiger partial charge in [0.15, 0.2) is 0 Å². The van der Waals surface area contributed by atoms with E-state index in [1.807, 2.05) is 13.8 Å². The van der Waals surface area contributed by atoms with Crippen molar-refractivity contribution in [1.82, 2.24) is 9.97 Å². The Bertz CT molecular complexity index is 338. The van der Waals surface area contributed by atoms with Crippen molar-refractivity contribution < 1.29 is 0 Å². The van der Waals surface area contributed by atoms with Crippen molar-refractivity contribution in [2.75, 3.05) is 11.1 Å². The number of nitrogens with two attached hydrogens (primary N) is 1. The second-order valence-corrected chi connectivity index (χ2v) is 3.20. The average molecular weight is 176 g/mol. The van der Waals surface area contributed by atoms with Gasteiger partial charge in [0.1, 0.15) is 5.82 Å². The summed E-state index contributed by atoms with van der Waals surface area (Å²) in [6.07, 6.45) is 6.87. The second-order valence-electron chi connectivity index (χ2n) is 3.20. The minimum absolute atomic E-state index is 0.422. The van der Waals surface area contributed by atoms with Gasteiger partial charge in [-0.25, -0.2) is 4.98 Å². The average Bonchev–Trinajstić information content (AvgIpc) is 2.03. The number of nitrogen functional groups attached to an aromatic ring is 1. The van der Waals surface area contributed by atoms with Gasteiger partial charge >= 0.3 is 0 Å². The van der Waals surface area contributed by atoms with Crippen LogP contribution in [0.15, 0.2) is 12.3 Å². The van der Waals surface area contributed by atoms with Crippen LogP contribution in [0.4, 0.5) is 11.8 Å². The largest absolute Gasteiger partial charge is 0.384 e. The number of terminal acetylenes is 1. The molecule has 0 amide bonds. The summed E-state index contributed by atoms with van der Waals surface area (Å²) < 4.78 is 0. The van der Waals surface area contributed by atoms with Crippen LogP contribution in [-0.4, -0.2) is 15.5 Å².